The second-order valence-corrected chi connectivity index (χ2v) is 3.35. The second kappa shape index (κ2) is 4.00. The number of H-pyrrole nitrogens is 2. The highest BCUT2D eigenvalue weighted by Crippen LogP contribution is 2.04. The Bertz CT molecular complexity index is 444. The Morgan fingerprint density at radius 2 is 2.40 bits per heavy atom. The van der Waals surface area contributed by atoms with Gasteiger partial charge in [-0.05, 0) is 18.6 Å². The van der Waals surface area contributed by atoms with Gasteiger partial charge in [-0.25, -0.2) is 4.98 Å². The molecule has 2 aromatic heterocycles. The lowest BCUT2D eigenvalue weighted by Gasteiger charge is -1.99. The number of aromatic amines is 2. The Labute approximate surface area is 86.9 Å². The lowest BCUT2D eigenvalue weighted by atomic mass is 10.2. The van der Waals surface area contributed by atoms with Crippen LogP contribution in [0.1, 0.15) is 11.3 Å². The van der Waals surface area contributed by atoms with E-state index in [9.17, 15) is 4.79 Å². The average Bonchev–Trinajstić information content (AvgIpc) is 2.77. The molecule has 0 aliphatic carbocycles. The number of rotatable bonds is 3. The smallest absolute Gasteiger partial charge is 0.231 e. The number of nitrogens with one attached hydrogen (secondary N) is 3. The molecule has 2 aromatic rings. The molecule has 3 N–H and O–H groups in total. The zero-order valence-electron chi connectivity index (χ0n) is 8.37. The maximum Gasteiger partial charge on any atom is 0.231 e. The van der Waals surface area contributed by atoms with E-state index >= 15 is 0 Å². The first-order valence-corrected chi connectivity index (χ1v) is 4.67. The van der Waals surface area contributed by atoms with Gasteiger partial charge >= 0.3 is 0 Å². The van der Waals surface area contributed by atoms with Crippen molar-refractivity contribution < 1.29 is 4.79 Å². The van der Waals surface area contributed by atoms with E-state index in [0.29, 0.717) is 12.4 Å². The number of nitrogens with zero attached hydrogens (tertiary/aromatic N) is 1. The third-order valence-electron chi connectivity index (χ3n) is 2.01. The highest BCUT2D eigenvalue weighted by atomic mass is 16.1. The number of hydrogen-bond donors (Lipinski definition) is 3. The fourth-order valence-corrected chi connectivity index (χ4v) is 1.37. The Kier molecular flexibility index (Phi) is 2.53. The van der Waals surface area contributed by atoms with E-state index in [-0.39, 0.29) is 5.91 Å². The van der Waals surface area contributed by atoms with E-state index in [1.807, 2.05) is 19.2 Å². The summed E-state index contributed by atoms with van der Waals surface area (Å²) in [5.74, 6) is 0.399. The van der Waals surface area contributed by atoms with Gasteiger partial charge in [0.15, 0.2) is 0 Å². The van der Waals surface area contributed by atoms with Gasteiger partial charge in [0.05, 0.1) is 6.42 Å². The highest BCUT2D eigenvalue weighted by Gasteiger charge is 2.05. The normalized spacial score (nSPS) is 10.2. The molecular formula is C10H12N4O. The van der Waals surface area contributed by atoms with Crippen molar-refractivity contribution in [2.24, 2.45) is 0 Å². The second-order valence-electron chi connectivity index (χ2n) is 3.35. The van der Waals surface area contributed by atoms with E-state index in [1.54, 1.807) is 12.4 Å². The summed E-state index contributed by atoms with van der Waals surface area (Å²) in [6, 6.07) is 1.95. The molecule has 0 fully saturated rings. The predicted octanol–water partition coefficient (Wildman–Crippen LogP) is 1.23. The molecule has 0 spiro atoms. The molecule has 5 heteroatoms. The number of imidazole rings is 1. The van der Waals surface area contributed by atoms with Crippen molar-refractivity contribution in [3.63, 3.8) is 0 Å². The first-order valence-electron chi connectivity index (χ1n) is 4.67. The van der Waals surface area contributed by atoms with Gasteiger partial charge in [-0.2, -0.15) is 0 Å². The number of carbonyl (C=O) groups excluding carboxylic acids is 1. The number of carbonyl (C=O) groups is 1. The molecule has 2 rings (SSSR count). The van der Waals surface area contributed by atoms with Crippen LogP contribution in [0.5, 0.6) is 0 Å². The number of anilines is 1. The van der Waals surface area contributed by atoms with Crippen LogP contribution in [0, 0.1) is 6.92 Å². The Morgan fingerprint density at radius 3 is 3.00 bits per heavy atom. The minimum absolute atomic E-state index is 0.0797. The molecule has 0 atom stereocenters. The minimum Gasteiger partial charge on any atom is -0.365 e. The fourth-order valence-electron chi connectivity index (χ4n) is 1.37. The number of amides is 1. The quantitative estimate of drug-likeness (QED) is 0.703. The molecule has 1 amide bonds. The van der Waals surface area contributed by atoms with Crippen molar-refractivity contribution >= 4 is 11.9 Å². The Hall–Kier alpha value is -2.04. The molecule has 0 saturated carbocycles. The van der Waals surface area contributed by atoms with Crippen molar-refractivity contribution in [1.82, 2.24) is 15.0 Å². The van der Waals surface area contributed by atoms with Gasteiger partial charge in [-0.3, -0.25) is 10.1 Å². The minimum atomic E-state index is -0.0797. The van der Waals surface area contributed by atoms with Gasteiger partial charge < -0.3 is 9.97 Å². The predicted molar refractivity (Wildman–Crippen MR) is 56.5 cm³/mol. The van der Waals surface area contributed by atoms with E-state index in [1.165, 1.54) is 0 Å². The van der Waals surface area contributed by atoms with Crippen molar-refractivity contribution in [2.75, 3.05) is 5.32 Å². The van der Waals surface area contributed by atoms with E-state index < -0.39 is 0 Å². The molecule has 5 nitrogen and oxygen atoms in total. The summed E-state index contributed by atoms with van der Waals surface area (Å²) in [4.78, 5) is 21.2. The third kappa shape index (κ3) is 2.46. The summed E-state index contributed by atoms with van der Waals surface area (Å²) in [7, 11) is 0. The van der Waals surface area contributed by atoms with Gasteiger partial charge in [-0.1, -0.05) is 0 Å². The summed E-state index contributed by atoms with van der Waals surface area (Å²) in [5.41, 5.74) is 2.02. The molecule has 0 aliphatic rings. The zero-order chi connectivity index (χ0) is 10.7. The third-order valence-corrected chi connectivity index (χ3v) is 2.01. The van der Waals surface area contributed by atoms with Crippen LogP contribution in [0.25, 0.3) is 0 Å². The molecule has 15 heavy (non-hydrogen) atoms. The first-order chi connectivity index (χ1) is 7.24. The van der Waals surface area contributed by atoms with Crippen LogP contribution in [0.2, 0.25) is 0 Å². The highest BCUT2D eigenvalue weighted by molar-refractivity contribution is 5.90. The van der Waals surface area contributed by atoms with Crippen molar-refractivity contribution in [1.29, 1.82) is 0 Å². The van der Waals surface area contributed by atoms with Crippen LogP contribution in [0.15, 0.2) is 24.7 Å². The maximum absolute atomic E-state index is 11.5. The van der Waals surface area contributed by atoms with Crippen LogP contribution in [0.4, 0.5) is 5.95 Å². The number of aryl methyl sites for hydroxylation is 1. The molecule has 0 bridgehead atoms. The summed E-state index contributed by atoms with van der Waals surface area (Å²) in [6.07, 6.45) is 5.44. The summed E-state index contributed by atoms with van der Waals surface area (Å²) >= 11 is 0. The van der Waals surface area contributed by atoms with Crippen LogP contribution in [-0.2, 0) is 11.2 Å². The average molecular weight is 204 g/mol. The van der Waals surface area contributed by atoms with Crippen LogP contribution >= 0.6 is 0 Å². The molecule has 0 saturated heterocycles. The Balaban J connectivity index is 1.93. The lowest BCUT2D eigenvalue weighted by Crippen LogP contribution is -2.14. The van der Waals surface area contributed by atoms with Crippen molar-refractivity contribution in [3.05, 3.63) is 35.9 Å². The zero-order valence-corrected chi connectivity index (χ0v) is 8.37. The van der Waals surface area contributed by atoms with Gasteiger partial charge in [0.1, 0.15) is 0 Å². The van der Waals surface area contributed by atoms with Crippen LogP contribution in [0.3, 0.4) is 0 Å². The van der Waals surface area contributed by atoms with Gasteiger partial charge in [0.2, 0.25) is 11.9 Å². The maximum atomic E-state index is 11.5. The standard InChI is InChI=1S/C10H12N4O/c1-7-4-8(6-13-7)5-9(15)14-10-11-2-3-12-10/h2-4,6,13H,5H2,1H3,(H2,11,12,14,15). The van der Waals surface area contributed by atoms with E-state index in [2.05, 4.69) is 20.3 Å². The summed E-state index contributed by atoms with van der Waals surface area (Å²) < 4.78 is 0. The fraction of sp³-hybridized carbons (Fsp3) is 0.200. The van der Waals surface area contributed by atoms with Crippen LogP contribution in [-0.4, -0.2) is 20.9 Å². The van der Waals surface area contributed by atoms with Gasteiger partial charge in [0, 0.05) is 24.3 Å². The van der Waals surface area contributed by atoms with Gasteiger partial charge in [0.25, 0.3) is 0 Å². The monoisotopic (exact) mass is 204 g/mol. The molecule has 0 radical (unpaired) electrons. The molecule has 0 aromatic carbocycles. The molecule has 78 valence electrons. The lowest BCUT2D eigenvalue weighted by molar-refractivity contribution is -0.115. The summed E-state index contributed by atoms with van der Waals surface area (Å²) in [5, 5.41) is 2.66. The SMILES string of the molecule is Cc1cc(CC(=O)Nc2ncc[nH]2)c[nH]1. The number of aromatic nitrogens is 3. The number of hydrogen-bond acceptors (Lipinski definition) is 2. The largest absolute Gasteiger partial charge is 0.365 e. The Morgan fingerprint density at radius 1 is 1.53 bits per heavy atom. The van der Waals surface area contributed by atoms with Gasteiger partial charge in [-0.15, -0.1) is 0 Å². The van der Waals surface area contributed by atoms with E-state index in [0.717, 1.165) is 11.3 Å². The van der Waals surface area contributed by atoms with Crippen molar-refractivity contribution in [3.8, 4) is 0 Å². The first kappa shape index (κ1) is 9.51. The molecule has 0 aliphatic heterocycles. The van der Waals surface area contributed by atoms with E-state index in [4.69, 9.17) is 0 Å². The summed E-state index contributed by atoms with van der Waals surface area (Å²) in [6.45, 7) is 1.95. The van der Waals surface area contributed by atoms with Crippen molar-refractivity contribution in [2.45, 2.75) is 13.3 Å². The topological polar surface area (TPSA) is 73.6 Å². The molecule has 0 unspecified atom stereocenters. The molecule has 2 heterocycles. The molecular weight excluding hydrogens is 192 g/mol. The van der Waals surface area contributed by atoms with Crippen LogP contribution < -0.4 is 5.32 Å².